The number of fused-ring (bicyclic) bond motifs is 1. The van der Waals surface area contributed by atoms with Gasteiger partial charge in [0, 0.05) is 32.1 Å². The van der Waals surface area contributed by atoms with Gasteiger partial charge >= 0.3 is 0 Å². The summed E-state index contributed by atoms with van der Waals surface area (Å²) in [6.07, 6.45) is 2.32. The van der Waals surface area contributed by atoms with E-state index in [1.807, 2.05) is 36.7 Å². The summed E-state index contributed by atoms with van der Waals surface area (Å²) < 4.78 is 7.53. The fourth-order valence-electron chi connectivity index (χ4n) is 3.42. The SMILES string of the molecule is Cl.Cl.O=C(CC1COCCN1)NCc1cccc(Cn2cnc3ccccc32)c1. The maximum Gasteiger partial charge on any atom is 0.221 e. The third-order valence-electron chi connectivity index (χ3n) is 4.79. The third kappa shape index (κ3) is 6.18. The first-order valence-electron chi connectivity index (χ1n) is 9.33. The molecule has 0 saturated carbocycles. The van der Waals surface area contributed by atoms with Crippen LogP contribution in [-0.4, -0.2) is 41.3 Å². The minimum atomic E-state index is 0. The summed E-state index contributed by atoms with van der Waals surface area (Å²) in [7, 11) is 0. The molecule has 1 unspecified atom stereocenters. The second kappa shape index (κ2) is 11.2. The molecule has 1 atom stereocenters. The Hall–Kier alpha value is -2.12. The van der Waals surface area contributed by atoms with Gasteiger partial charge in [0.05, 0.1) is 30.6 Å². The van der Waals surface area contributed by atoms with Gasteiger partial charge in [0.15, 0.2) is 0 Å². The Morgan fingerprint density at radius 2 is 2.00 bits per heavy atom. The molecule has 0 radical (unpaired) electrons. The number of amides is 1. The molecule has 1 amide bonds. The van der Waals surface area contributed by atoms with Crippen LogP contribution in [0.1, 0.15) is 17.5 Å². The quantitative estimate of drug-likeness (QED) is 0.623. The number of imidazole rings is 1. The van der Waals surface area contributed by atoms with Gasteiger partial charge in [0.2, 0.25) is 5.91 Å². The van der Waals surface area contributed by atoms with Crippen LogP contribution < -0.4 is 10.6 Å². The highest BCUT2D eigenvalue weighted by Gasteiger charge is 2.16. The van der Waals surface area contributed by atoms with Crippen LogP contribution in [0.3, 0.4) is 0 Å². The normalized spacial score (nSPS) is 15.9. The van der Waals surface area contributed by atoms with Gasteiger partial charge in [-0.25, -0.2) is 4.98 Å². The number of halogens is 2. The summed E-state index contributed by atoms with van der Waals surface area (Å²) in [4.78, 5) is 16.6. The van der Waals surface area contributed by atoms with Crippen molar-refractivity contribution in [2.24, 2.45) is 0 Å². The van der Waals surface area contributed by atoms with Crippen LogP contribution >= 0.6 is 24.8 Å². The average Bonchev–Trinajstić information content (AvgIpc) is 3.11. The van der Waals surface area contributed by atoms with Crippen LogP contribution in [-0.2, 0) is 22.6 Å². The Bertz CT molecular complexity index is 926. The van der Waals surface area contributed by atoms with E-state index >= 15 is 0 Å². The number of rotatable bonds is 6. The van der Waals surface area contributed by atoms with E-state index in [1.165, 1.54) is 5.56 Å². The number of nitrogens with one attached hydrogen (secondary N) is 2. The molecule has 1 aliphatic heterocycles. The van der Waals surface area contributed by atoms with Crippen molar-refractivity contribution in [3.8, 4) is 0 Å². The second-order valence-electron chi connectivity index (χ2n) is 6.89. The lowest BCUT2D eigenvalue weighted by Gasteiger charge is -2.23. The van der Waals surface area contributed by atoms with E-state index < -0.39 is 0 Å². The van der Waals surface area contributed by atoms with Crippen molar-refractivity contribution in [2.45, 2.75) is 25.6 Å². The molecular weight excluding hydrogens is 411 g/mol. The first-order chi connectivity index (χ1) is 13.3. The van der Waals surface area contributed by atoms with Crippen LogP contribution in [0, 0.1) is 0 Å². The molecule has 1 aliphatic rings. The Balaban J connectivity index is 0.00000150. The number of carbonyl (C=O) groups excluding carboxylic acids is 1. The molecule has 3 aromatic rings. The van der Waals surface area contributed by atoms with Crippen molar-refractivity contribution in [1.29, 1.82) is 0 Å². The number of benzene rings is 2. The van der Waals surface area contributed by atoms with Crippen LogP contribution in [0.25, 0.3) is 11.0 Å². The maximum absolute atomic E-state index is 12.2. The lowest BCUT2D eigenvalue weighted by Crippen LogP contribution is -2.44. The van der Waals surface area contributed by atoms with Gasteiger partial charge in [-0.1, -0.05) is 36.4 Å². The Kier molecular flexibility index (Phi) is 8.92. The van der Waals surface area contributed by atoms with Crippen molar-refractivity contribution in [2.75, 3.05) is 19.8 Å². The molecular formula is C21H26Cl2N4O2. The number of hydrogen-bond acceptors (Lipinski definition) is 4. The van der Waals surface area contributed by atoms with Gasteiger partial charge in [-0.15, -0.1) is 24.8 Å². The molecule has 4 rings (SSSR count). The number of morpholine rings is 1. The zero-order valence-corrected chi connectivity index (χ0v) is 17.7. The van der Waals surface area contributed by atoms with Crippen molar-refractivity contribution in [1.82, 2.24) is 20.2 Å². The molecule has 0 spiro atoms. The lowest BCUT2D eigenvalue weighted by molar-refractivity contribution is -0.122. The fraction of sp³-hybridized carbons (Fsp3) is 0.333. The van der Waals surface area contributed by atoms with E-state index in [2.05, 4.69) is 38.4 Å². The van der Waals surface area contributed by atoms with Crippen LogP contribution in [0.2, 0.25) is 0 Å². The second-order valence-corrected chi connectivity index (χ2v) is 6.89. The average molecular weight is 437 g/mol. The first-order valence-corrected chi connectivity index (χ1v) is 9.33. The maximum atomic E-state index is 12.2. The van der Waals surface area contributed by atoms with Gasteiger partial charge in [-0.2, -0.15) is 0 Å². The largest absolute Gasteiger partial charge is 0.378 e. The van der Waals surface area contributed by atoms with Gasteiger partial charge in [-0.3, -0.25) is 4.79 Å². The van der Waals surface area contributed by atoms with E-state index in [0.717, 1.165) is 36.3 Å². The molecule has 0 aliphatic carbocycles. The van der Waals surface area contributed by atoms with Gasteiger partial charge in [0.25, 0.3) is 0 Å². The summed E-state index contributed by atoms with van der Waals surface area (Å²) in [5.41, 5.74) is 4.41. The summed E-state index contributed by atoms with van der Waals surface area (Å²) in [5, 5.41) is 6.31. The minimum Gasteiger partial charge on any atom is -0.378 e. The first kappa shape index (κ1) is 23.2. The molecule has 0 bridgehead atoms. The molecule has 2 heterocycles. The van der Waals surface area contributed by atoms with Crippen LogP contribution in [0.5, 0.6) is 0 Å². The van der Waals surface area contributed by atoms with E-state index in [1.54, 1.807) is 0 Å². The Morgan fingerprint density at radius 3 is 2.83 bits per heavy atom. The number of carbonyl (C=O) groups is 1. The summed E-state index contributed by atoms with van der Waals surface area (Å²) in [6, 6.07) is 16.5. The third-order valence-corrected chi connectivity index (χ3v) is 4.79. The van der Waals surface area contributed by atoms with E-state index in [4.69, 9.17) is 4.74 Å². The zero-order valence-electron chi connectivity index (χ0n) is 16.0. The summed E-state index contributed by atoms with van der Waals surface area (Å²) >= 11 is 0. The van der Waals surface area contributed by atoms with Gasteiger partial charge in [-0.05, 0) is 23.3 Å². The Morgan fingerprint density at radius 1 is 1.17 bits per heavy atom. The molecule has 2 N–H and O–H groups in total. The zero-order chi connectivity index (χ0) is 18.5. The lowest BCUT2D eigenvalue weighted by atomic mass is 10.1. The molecule has 1 saturated heterocycles. The predicted octanol–water partition coefficient (Wildman–Crippen LogP) is 2.92. The standard InChI is InChI=1S/C21H24N4O2.2ClH/c26-21(11-18-14-27-9-8-22-18)23-12-16-4-3-5-17(10-16)13-25-15-24-19-6-1-2-7-20(19)25;;/h1-7,10,15,18,22H,8-9,11-14H2,(H,23,26);2*1H. The van der Waals surface area contributed by atoms with Gasteiger partial charge < -0.3 is 19.9 Å². The predicted molar refractivity (Wildman–Crippen MR) is 119 cm³/mol. The van der Waals surface area contributed by atoms with Crippen molar-refractivity contribution in [3.63, 3.8) is 0 Å². The molecule has 6 nitrogen and oxygen atoms in total. The topological polar surface area (TPSA) is 68.2 Å². The molecule has 156 valence electrons. The monoisotopic (exact) mass is 436 g/mol. The number of nitrogens with zero attached hydrogens (tertiary/aromatic N) is 2. The highest BCUT2D eigenvalue weighted by Crippen LogP contribution is 2.15. The minimum absolute atomic E-state index is 0. The van der Waals surface area contributed by atoms with Gasteiger partial charge in [0.1, 0.15) is 0 Å². The fourth-order valence-corrected chi connectivity index (χ4v) is 3.42. The summed E-state index contributed by atoms with van der Waals surface area (Å²) in [6.45, 7) is 3.42. The van der Waals surface area contributed by atoms with E-state index in [9.17, 15) is 4.79 Å². The highest BCUT2D eigenvalue weighted by molar-refractivity contribution is 5.85. The van der Waals surface area contributed by atoms with E-state index in [0.29, 0.717) is 19.6 Å². The van der Waals surface area contributed by atoms with Crippen molar-refractivity contribution < 1.29 is 9.53 Å². The highest BCUT2D eigenvalue weighted by atomic mass is 35.5. The van der Waals surface area contributed by atoms with Crippen LogP contribution in [0.4, 0.5) is 0 Å². The van der Waals surface area contributed by atoms with Crippen LogP contribution in [0.15, 0.2) is 54.9 Å². The Labute approximate surface area is 182 Å². The number of hydrogen-bond donors (Lipinski definition) is 2. The molecule has 1 fully saturated rings. The number of para-hydroxylation sites is 2. The molecule has 1 aromatic heterocycles. The number of aromatic nitrogens is 2. The molecule has 8 heteroatoms. The summed E-state index contributed by atoms with van der Waals surface area (Å²) in [5.74, 6) is 0.0454. The smallest absolute Gasteiger partial charge is 0.221 e. The van der Waals surface area contributed by atoms with Crippen molar-refractivity contribution in [3.05, 3.63) is 66.0 Å². The van der Waals surface area contributed by atoms with E-state index in [-0.39, 0.29) is 36.8 Å². The number of ether oxygens (including phenoxy) is 1. The molecule has 29 heavy (non-hydrogen) atoms. The molecule has 2 aromatic carbocycles. The van der Waals surface area contributed by atoms with Crippen molar-refractivity contribution >= 4 is 41.8 Å².